The number of rotatable bonds is 4. The zero-order chi connectivity index (χ0) is 17.8. The molecule has 0 unspecified atom stereocenters. The Bertz CT molecular complexity index is 776. The van der Waals surface area contributed by atoms with Crippen LogP contribution < -0.4 is 5.32 Å². The molecule has 0 radical (unpaired) electrons. The number of hydrogen-bond acceptors (Lipinski definition) is 4. The molecule has 1 N–H and O–H groups in total. The molecule has 6 heteroatoms. The van der Waals surface area contributed by atoms with Crippen molar-refractivity contribution in [2.75, 3.05) is 0 Å². The summed E-state index contributed by atoms with van der Waals surface area (Å²) in [4.78, 5) is 28.3. The van der Waals surface area contributed by atoms with Crippen molar-refractivity contribution in [3.63, 3.8) is 0 Å². The first kappa shape index (κ1) is 17.4. The number of pyridine rings is 1. The van der Waals surface area contributed by atoms with Gasteiger partial charge in [-0.15, -0.1) is 0 Å². The van der Waals surface area contributed by atoms with Crippen molar-refractivity contribution in [2.24, 2.45) is 0 Å². The summed E-state index contributed by atoms with van der Waals surface area (Å²) in [6.07, 6.45) is 3.36. The van der Waals surface area contributed by atoms with Crippen LogP contribution in [0, 0.1) is 0 Å². The molecule has 2 atom stereocenters. The number of amides is 1. The van der Waals surface area contributed by atoms with Gasteiger partial charge in [-0.05, 0) is 49.4 Å². The van der Waals surface area contributed by atoms with Crippen LogP contribution in [-0.2, 0) is 16.0 Å². The number of carbonyl (C=O) groups excluding carboxylic acids is 2. The Kier molecular flexibility index (Phi) is 5.34. The van der Waals surface area contributed by atoms with E-state index in [-0.39, 0.29) is 17.5 Å². The number of nitrogens with one attached hydrogen (secondary N) is 1. The first-order valence-corrected chi connectivity index (χ1v) is 8.63. The molecule has 3 rings (SSSR count). The highest BCUT2D eigenvalue weighted by Gasteiger charge is 2.25. The molecule has 1 aliphatic rings. The molecule has 25 heavy (non-hydrogen) atoms. The lowest BCUT2D eigenvalue weighted by Gasteiger charge is -2.27. The first-order valence-electron chi connectivity index (χ1n) is 8.25. The zero-order valence-electron chi connectivity index (χ0n) is 13.9. The Balaban J connectivity index is 1.62. The number of benzene rings is 1. The molecule has 0 aliphatic heterocycles. The third-order valence-corrected chi connectivity index (χ3v) is 4.53. The smallest absolute Gasteiger partial charge is 0.340 e. The van der Waals surface area contributed by atoms with Gasteiger partial charge in [0.2, 0.25) is 0 Å². The number of aromatic nitrogens is 1. The number of nitrogens with zero attached hydrogens (tertiary/aromatic N) is 1. The van der Waals surface area contributed by atoms with E-state index < -0.39 is 12.1 Å². The molecule has 0 bridgehead atoms. The van der Waals surface area contributed by atoms with Crippen LogP contribution in [0.2, 0.25) is 5.15 Å². The van der Waals surface area contributed by atoms with Crippen LogP contribution in [-0.4, -0.2) is 23.0 Å². The first-order chi connectivity index (χ1) is 12.0. The van der Waals surface area contributed by atoms with Crippen molar-refractivity contribution < 1.29 is 14.3 Å². The van der Waals surface area contributed by atoms with Crippen LogP contribution in [0.4, 0.5) is 0 Å². The predicted octanol–water partition coefficient (Wildman–Crippen LogP) is 3.47. The maximum atomic E-state index is 12.4. The summed E-state index contributed by atoms with van der Waals surface area (Å²) >= 11 is 5.69. The van der Waals surface area contributed by atoms with E-state index in [0.29, 0.717) is 5.15 Å². The highest BCUT2D eigenvalue weighted by atomic mass is 35.5. The van der Waals surface area contributed by atoms with Gasteiger partial charge in [0, 0.05) is 6.20 Å². The van der Waals surface area contributed by atoms with Gasteiger partial charge in [0.1, 0.15) is 5.15 Å². The minimum Gasteiger partial charge on any atom is -0.449 e. The van der Waals surface area contributed by atoms with Crippen molar-refractivity contribution in [3.8, 4) is 0 Å². The van der Waals surface area contributed by atoms with E-state index in [1.165, 1.54) is 23.9 Å². The lowest BCUT2D eigenvalue weighted by atomic mass is 9.87. The lowest BCUT2D eigenvalue weighted by Crippen LogP contribution is -2.39. The van der Waals surface area contributed by atoms with E-state index in [1.807, 2.05) is 18.2 Å². The van der Waals surface area contributed by atoms with Crippen molar-refractivity contribution in [1.82, 2.24) is 10.3 Å². The van der Waals surface area contributed by atoms with Gasteiger partial charge in [-0.2, -0.15) is 0 Å². The largest absolute Gasteiger partial charge is 0.449 e. The molecule has 130 valence electrons. The average Bonchev–Trinajstić information content (AvgIpc) is 2.62. The van der Waals surface area contributed by atoms with E-state index in [2.05, 4.69) is 16.4 Å². The molecule has 0 saturated carbocycles. The molecule has 1 amide bonds. The standard InChI is InChI=1S/C19H19ClN2O3/c1-12(25-19(24)14-9-10-17(20)21-11-14)18(23)22-16-8-4-6-13-5-2-3-7-15(13)16/h2-3,5,7,9-12,16H,4,6,8H2,1H3,(H,22,23)/t12-,16+/m0/s1. The van der Waals surface area contributed by atoms with Gasteiger partial charge in [-0.25, -0.2) is 9.78 Å². The fourth-order valence-corrected chi connectivity index (χ4v) is 3.08. The molecule has 0 saturated heterocycles. The van der Waals surface area contributed by atoms with Crippen molar-refractivity contribution in [3.05, 3.63) is 64.4 Å². The van der Waals surface area contributed by atoms with Gasteiger partial charge in [0.15, 0.2) is 6.10 Å². The Morgan fingerprint density at radius 1 is 1.28 bits per heavy atom. The van der Waals surface area contributed by atoms with E-state index in [0.717, 1.165) is 24.8 Å². The Morgan fingerprint density at radius 3 is 2.84 bits per heavy atom. The normalized spacial score (nSPS) is 17.3. The monoisotopic (exact) mass is 358 g/mol. The molecule has 0 spiro atoms. The Morgan fingerprint density at radius 2 is 2.08 bits per heavy atom. The average molecular weight is 359 g/mol. The number of ether oxygens (including phenoxy) is 1. The molecule has 1 aliphatic carbocycles. The van der Waals surface area contributed by atoms with E-state index in [9.17, 15) is 9.59 Å². The van der Waals surface area contributed by atoms with Crippen LogP contribution in [0.15, 0.2) is 42.6 Å². The second kappa shape index (κ2) is 7.66. The van der Waals surface area contributed by atoms with Crippen LogP contribution >= 0.6 is 11.6 Å². The lowest BCUT2D eigenvalue weighted by molar-refractivity contribution is -0.130. The third kappa shape index (κ3) is 4.17. The van der Waals surface area contributed by atoms with Crippen LogP contribution in [0.25, 0.3) is 0 Å². The van der Waals surface area contributed by atoms with Gasteiger partial charge in [-0.1, -0.05) is 35.9 Å². The fourth-order valence-electron chi connectivity index (χ4n) is 2.97. The quantitative estimate of drug-likeness (QED) is 0.671. The highest BCUT2D eigenvalue weighted by molar-refractivity contribution is 6.29. The van der Waals surface area contributed by atoms with Gasteiger partial charge < -0.3 is 10.1 Å². The molecule has 0 fully saturated rings. The molecule has 2 aromatic rings. The maximum absolute atomic E-state index is 12.4. The topological polar surface area (TPSA) is 68.3 Å². The summed E-state index contributed by atoms with van der Waals surface area (Å²) in [7, 11) is 0. The molecular weight excluding hydrogens is 340 g/mol. The summed E-state index contributed by atoms with van der Waals surface area (Å²) in [6.45, 7) is 1.56. The summed E-state index contributed by atoms with van der Waals surface area (Å²) in [6, 6.07) is 11.1. The number of carbonyl (C=O) groups is 2. The number of fused-ring (bicyclic) bond motifs is 1. The summed E-state index contributed by atoms with van der Waals surface area (Å²) < 4.78 is 5.23. The number of hydrogen-bond donors (Lipinski definition) is 1. The zero-order valence-corrected chi connectivity index (χ0v) is 14.6. The molecule has 1 aromatic heterocycles. The van der Waals surface area contributed by atoms with Crippen LogP contribution in [0.1, 0.15) is 47.3 Å². The Hall–Kier alpha value is -2.40. The maximum Gasteiger partial charge on any atom is 0.340 e. The van der Waals surface area contributed by atoms with Crippen LogP contribution in [0.3, 0.4) is 0 Å². The van der Waals surface area contributed by atoms with Gasteiger partial charge in [-0.3, -0.25) is 4.79 Å². The second-order valence-electron chi connectivity index (χ2n) is 6.07. The number of esters is 1. The van der Waals surface area contributed by atoms with E-state index >= 15 is 0 Å². The number of halogens is 1. The van der Waals surface area contributed by atoms with E-state index in [4.69, 9.17) is 16.3 Å². The van der Waals surface area contributed by atoms with Crippen molar-refractivity contribution in [1.29, 1.82) is 0 Å². The summed E-state index contributed by atoms with van der Waals surface area (Å²) in [5.74, 6) is -0.909. The third-order valence-electron chi connectivity index (χ3n) is 4.30. The van der Waals surface area contributed by atoms with Gasteiger partial charge >= 0.3 is 5.97 Å². The molecule has 1 aromatic carbocycles. The van der Waals surface area contributed by atoms with Gasteiger partial charge in [0.05, 0.1) is 11.6 Å². The molecular formula is C19H19ClN2O3. The van der Waals surface area contributed by atoms with Crippen LogP contribution in [0.5, 0.6) is 0 Å². The fraction of sp³-hybridized carbons (Fsp3) is 0.316. The van der Waals surface area contributed by atoms with Gasteiger partial charge in [0.25, 0.3) is 5.91 Å². The van der Waals surface area contributed by atoms with Crippen molar-refractivity contribution >= 4 is 23.5 Å². The predicted molar refractivity (Wildman–Crippen MR) is 94.4 cm³/mol. The number of aryl methyl sites for hydroxylation is 1. The molecule has 5 nitrogen and oxygen atoms in total. The summed E-state index contributed by atoms with van der Waals surface area (Å²) in [5, 5.41) is 3.28. The summed E-state index contributed by atoms with van der Waals surface area (Å²) in [5.41, 5.74) is 2.66. The van der Waals surface area contributed by atoms with E-state index in [1.54, 1.807) is 6.92 Å². The minimum atomic E-state index is -0.891. The molecule has 1 heterocycles. The second-order valence-corrected chi connectivity index (χ2v) is 6.46. The SMILES string of the molecule is C[C@H](OC(=O)c1ccc(Cl)nc1)C(=O)N[C@@H]1CCCc2ccccc21. The van der Waals surface area contributed by atoms with Crippen molar-refractivity contribution in [2.45, 2.75) is 38.3 Å². The highest BCUT2D eigenvalue weighted by Crippen LogP contribution is 2.29. The minimum absolute atomic E-state index is 0.0456. The Labute approximate surface area is 151 Å².